The van der Waals surface area contributed by atoms with Gasteiger partial charge in [0.25, 0.3) is 5.91 Å². The second-order valence-electron chi connectivity index (χ2n) is 4.95. The molecule has 0 unspecified atom stereocenters. The van der Waals surface area contributed by atoms with Gasteiger partial charge in [0.15, 0.2) is 5.82 Å². The minimum atomic E-state index is -0.215. The van der Waals surface area contributed by atoms with E-state index in [1.54, 1.807) is 25.1 Å². The van der Waals surface area contributed by atoms with Gasteiger partial charge in [0, 0.05) is 4.90 Å². The molecule has 1 aromatic heterocycles. The van der Waals surface area contributed by atoms with Crippen LogP contribution < -0.4 is 5.32 Å². The molecule has 0 aliphatic carbocycles. The largest absolute Gasteiger partial charge is 0.338 e. The molecule has 0 radical (unpaired) electrons. The van der Waals surface area contributed by atoms with Crippen molar-refractivity contribution in [2.45, 2.75) is 17.6 Å². The zero-order valence-electron chi connectivity index (χ0n) is 12.8. The second kappa shape index (κ2) is 7.51. The van der Waals surface area contributed by atoms with Crippen molar-refractivity contribution in [1.82, 2.24) is 10.1 Å². The number of nitrogens with zero attached hydrogens (tertiary/aromatic N) is 2. The highest BCUT2D eigenvalue weighted by molar-refractivity contribution is 7.98. The molecule has 5 nitrogen and oxygen atoms in total. The predicted octanol–water partition coefficient (Wildman–Crippen LogP) is 4.58. The van der Waals surface area contributed by atoms with Crippen molar-refractivity contribution < 1.29 is 9.32 Å². The standard InChI is InChI=1S/C17H14ClN3O2S/c1-11-19-16(23-21-11)10-24-15-9-5-2-6-12(15)17(22)20-14-8-4-3-7-13(14)18/h2-9H,10H2,1H3,(H,20,22). The molecule has 0 fully saturated rings. The highest BCUT2D eigenvalue weighted by Crippen LogP contribution is 2.27. The van der Waals surface area contributed by atoms with Crippen LogP contribution in [0.4, 0.5) is 5.69 Å². The van der Waals surface area contributed by atoms with E-state index in [2.05, 4.69) is 15.5 Å². The molecule has 3 rings (SSSR count). The summed E-state index contributed by atoms with van der Waals surface area (Å²) < 4.78 is 5.10. The molecule has 24 heavy (non-hydrogen) atoms. The summed E-state index contributed by atoms with van der Waals surface area (Å²) in [4.78, 5) is 17.6. The van der Waals surface area contributed by atoms with Crippen molar-refractivity contribution in [2.75, 3.05) is 5.32 Å². The molecule has 2 aromatic carbocycles. The first-order chi connectivity index (χ1) is 11.6. The van der Waals surface area contributed by atoms with Crippen molar-refractivity contribution in [3.05, 3.63) is 70.8 Å². The Balaban J connectivity index is 1.75. The number of aromatic nitrogens is 2. The molecule has 7 heteroatoms. The molecule has 0 aliphatic rings. The maximum Gasteiger partial charge on any atom is 0.256 e. The third-order valence-electron chi connectivity index (χ3n) is 3.17. The summed E-state index contributed by atoms with van der Waals surface area (Å²) >= 11 is 7.56. The number of anilines is 1. The maximum atomic E-state index is 12.6. The molecule has 122 valence electrons. The van der Waals surface area contributed by atoms with E-state index in [0.717, 1.165) is 4.90 Å². The van der Waals surface area contributed by atoms with E-state index in [9.17, 15) is 4.79 Å². The van der Waals surface area contributed by atoms with E-state index in [1.807, 2.05) is 30.3 Å². The van der Waals surface area contributed by atoms with Gasteiger partial charge in [-0.3, -0.25) is 4.79 Å². The van der Waals surface area contributed by atoms with Crippen LogP contribution in [0.25, 0.3) is 0 Å². The Morgan fingerprint density at radius 2 is 1.96 bits per heavy atom. The first-order valence-electron chi connectivity index (χ1n) is 7.20. The van der Waals surface area contributed by atoms with Gasteiger partial charge >= 0.3 is 0 Å². The first kappa shape index (κ1) is 16.5. The van der Waals surface area contributed by atoms with Gasteiger partial charge in [-0.15, -0.1) is 11.8 Å². The molecular weight excluding hydrogens is 346 g/mol. The highest BCUT2D eigenvalue weighted by Gasteiger charge is 2.14. The lowest BCUT2D eigenvalue weighted by atomic mass is 10.2. The van der Waals surface area contributed by atoms with Crippen molar-refractivity contribution in [3.8, 4) is 0 Å². The molecule has 0 saturated carbocycles. The third kappa shape index (κ3) is 3.96. The number of benzene rings is 2. The van der Waals surface area contributed by atoms with Crippen LogP contribution in [-0.2, 0) is 5.75 Å². The lowest BCUT2D eigenvalue weighted by Gasteiger charge is -2.10. The van der Waals surface area contributed by atoms with E-state index in [1.165, 1.54) is 11.8 Å². The number of para-hydroxylation sites is 1. The number of hydrogen-bond acceptors (Lipinski definition) is 5. The van der Waals surface area contributed by atoms with Gasteiger partial charge in [-0.05, 0) is 31.2 Å². The molecule has 1 N–H and O–H groups in total. The van der Waals surface area contributed by atoms with Crippen LogP contribution >= 0.6 is 23.4 Å². The van der Waals surface area contributed by atoms with Crippen LogP contribution in [0.1, 0.15) is 22.1 Å². The summed E-state index contributed by atoms with van der Waals surface area (Å²) in [5, 5.41) is 7.09. The minimum absolute atomic E-state index is 0.215. The van der Waals surface area contributed by atoms with Gasteiger partial charge in [0.05, 0.1) is 22.0 Å². The molecule has 1 amide bonds. The smallest absolute Gasteiger partial charge is 0.256 e. The number of carbonyl (C=O) groups excluding carboxylic acids is 1. The van der Waals surface area contributed by atoms with Crippen molar-refractivity contribution >= 4 is 35.0 Å². The summed E-state index contributed by atoms with van der Waals surface area (Å²) in [6, 6.07) is 14.5. The lowest BCUT2D eigenvalue weighted by molar-refractivity contribution is 0.102. The monoisotopic (exact) mass is 359 g/mol. The highest BCUT2D eigenvalue weighted by atomic mass is 35.5. The zero-order chi connectivity index (χ0) is 16.9. The van der Waals surface area contributed by atoms with Crippen LogP contribution in [0.5, 0.6) is 0 Å². The van der Waals surface area contributed by atoms with Crippen molar-refractivity contribution in [2.24, 2.45) is 0 Å². The molecule has 0 spiro atoms. The van der Waals surface area contributed by atoms with E-state index < -0.39 is 0 Å². The Labute approximate surface area is 148 Å². The molecule has 0 bridgehead atoms. The number of aryl methyl sites for hydroxylation is 1. The minimum Gasteiger partial charge on any atom is -0.338 e. The fourth-order valence-electron chi connectivity index (χ4n) is 2.07. The number of hydrogen-bond donors (Lipinski definition) is 1. The van der Waals surface area contributed by atoms with E-state index in [4.69, 9.17) is 16.1 Å². The first-order valence-corrected chi connectivity index (χ1v) is 8.57. The fraction of sp³-hybridized carbons (Fsp3) is 0.118. The SMILES string of the molecule is Cc1noc(CSc2ccccc2C(=O)Nc2ccccc2Cl)n1. The van der Waals surface area contributed by atoms with Crippen LogP contribution in [-0.4, -0.2) is 16.0 Å². The number of rotatable bonds is 5. The molecule has 0 atom stereocenters. The number of nitrogens with one attached hydrogen (secondary N) is 1. The van der Waals surface area contributed by atoms with Crippen LogP contribution in [0, 0.1) is 6.92 Å². The van der Waals surface area contributed by atoms with Gasteiger partial charge in [-0.2, -0.15) is 4.98 Å². The lowest BCUT2D eigenvalue weighted by Crippen LogP contribution is -2.13. The molecule has 0 saturated heterocycles. The second-order valence-corrected chi connectivity index (χ2v) is 6.38. The Morgan fingerprint density at radius 1 is 1.21 bits per heavy atom. The summed E-state index contributed by atoms with van der Waals surface area (Å²) in [6.45, 7) is 1.77. The Morgan fingerprint density at radius 3 is 2.71 bits per heavy atom. The number of thioether (sulfide) groups is 1. The molecule has 1 heterocycles. The molecular formula is C17H14ClN3O2S. The van der Waals surface area contributed by atoms with Gasteiger partial charge in [-0.1, -0.05) is 41.0 Å². The topological polar surface area (TPSA) is 68.0 Å². The average molecular weight is 360 g/mol. The predicted molar refractivity (Wildman–Crippen MR) is 94.4 cm³/mol. The number of halogens is 1. The van der Waals surface area contributed by atoms with E-state index in [0.29, 0.717) is 33.7 Å². The Kier molecular flexibility index (Phi) is 5.17. The number of carbonyl (C=O) groups is 1. The molecule has 0 aliphatic heterocycles. The van der Waals surface area contributed by atoms with Crippen LogP contribution in [0.3, 0.4) is 0 Å². The van der Waals surface area contributed by atoms with Gasteiger partial charge in [0.2, 0.25) is 5.89 Å². The third-order valence-corrected chi connectivity index (χ3v) is 4.56. The maximum absolute atomic E-state index is 12.6. The quantitative estimate of drug-likeness (QED) is 0.675. The zero-order valence-corrected chi connectivity index (χ0v) is 14.4. The van der Waals surface area contributed by atoms with Gasteiger partial charge in [-0.25, -0.2) is 0 Å². The van der Waals surface area contributed by atoms with Crippen molar-refractivity contribution in [1.29, 1.82) is 0 Å². The van der Waals surface area contributed by atoms with Crippen LogP contribution in [0.15, 0.2) is 57.9 Å². The summed E-state index contributed by atoms with van der Waals surface area (Å²) in [5.41, 5.74) is 1.15. The van der Waals surface area contributed by atoms with Crippen molar-refractivity contribution in [3.63, 3.8) is 0 Å². The Bertz CT molecular complexity index is 866. The van der Waals surface area contributed by atoms with Gasteiger partial charge in [0.1, 0.15) is 0 Å². The summed E-state index contributed by atoms with van der Waals surface area (Å²) in [7, 11) is 0. The fourth-order valence-corrected chi connectivity index (χ4v) is 3.14. The van der Waals surface area contributed by atoms with Gasteiger partial charge < -0.3 is 9.84 Å². The average Bonchev–Trinajstić information content (AvgIpc) is 3.01. The summed E-state index contributed by atoms with van der Waals surface area (Å²) in [6.07, 6.45) is 0. The summed E-state index contributed by atoms with van der Waals surface area (Å²) in [5.74, 6) is 1.40. The van der Waals surface area contributed by atoms with E-state index in [-0.39, 0.29) is 5.91 Å². The van der Waals surface area contributed by atoms with Crippen LogP contribution in [0.2, 0.25) is 5.02 Å². The Hall–Kier alpha value is -2.31. The normalized spacial score (nSPS) is 10.6. The van der Waals surface area contributed by atoms with E-state index >= 15 is 0 Å². The molecule has 3 aromatic rings. The number of amides is 1.